The monoisotopic (exact) mass is 320 g/mol. The summed E-state index contributed by atoms with van der Waals surface area (Å²) in [6, 6.07) is 17.5. The van der Waals surface area contributed by atoms with E-state index in [1.54, 1.807) is 0 Å². The lowest BCUT2D eigenvalue weighted by Gasteiger charge is -2.38. The van der Waals surface area contributed by atoms with Crippen molar-refractivity contribution in [1.82, 2.24) is 0 Å². The molecule has 110 valence electrons. The van der Waals surface area contributed by atoms with Gasteiger partial charge in [0.05, 0.1) is 0 Å². The Kier molecular flexibility index (Phi) is 3.36. The van der Waals surface area contributed by atoms with Crippen LogP contribution in [0.1, 0.15) is 30.0 Å². The maximum atomic E-state index is 11.7. The third-order valence-electron chi connectivity index (χ3n) is 4.78. The molecule has 1 aliphatic rings. The molecule has 1 N–H and O–H groups in total. The average molecular weight is 321 g/mol. The van der Waals surface area contributed by atoms with Gasteiger partial charge in [0.15, 0.2) is 0 Å². The van der Waals surface area contributed by atoms with Crippen LogP contribution in [0, 0.1) is 12.3 Å². The molecule has 3 heteroatoms. The van der Waals surface area contributed by atoms with E-state index in [9.17, 15) is 5.11 Å². The lowest BCUT2D eigenvalue weighted by atomic mass is 9.73. The molecule has 2 aromatic rings. The number of hydrogen-bond donors (Lipinski definition) is 1. The smallest absolute Gasteiger partial charge is 0.127 e. The Balaban J connectivity index is 2.25. The summed E-state index contributed by atoms with van der Waals surface area (Å²) in [5.41, 5.74) is 0.896. The summed E-state index contributed by atoms with van der Waals surface area (Å²) in [7, 11) is 0. The van der Waals surface area contributed by atoms with Crippen LogP contribution in [-0.4, -0.2) is 9.44 Å². The Bertz CT molecular complexity index is 668. The standard InChI is InChI=1S/C18H18Cl2O/c1-13-8-6-7-11-15(13)18(21,14-9-4-3-5-10-14)16(2)12-17(16,19)20/h3-11,21H,12H2,1-2H3/t16-,18?/m1/s1. The number of benzene rings is 2. The number of aliphatic hydroxyl groups is 1. The number of rotatable bonds is 3. The highest BCUT2D eigenvalue weighted by atomic mass is 35.5. The third kappa shape index (κ3) is 2.03. The summed E-state index contributed by atoms with van der Waals surface area (Å²) in [6.45, 7) is 3.95. The molecular formula is C18H18Cl2O. The van der Waals surface area contributed by atoms with Crippen LogP contribution in [0.5, 0.6) is 0 Å². The van der Waals surface area contributed by atoms with E-state index in [1.165, 1.54) is 0 Å². The lowest BCUT2D eigenvalue weighted by Crippen LogP contribution is -2.40. The minimum absolute atomic E-state index is 0.558. The first-order chi connectivity index (χ1) is 9.83. The maximum absolute atomic E-state index is 11.7. The first-order valence-corrected chi connectivity index (χ1v) is 7.80. The van der Waals surface area contributed by atoms with E-state index in [-0.39, 0.29) is 0 Å². The van der Waals surface area contributed by atoms with Gasteiger partial charge in [0.2, 0.25) is 0 Å². The average Bonchev–Trinajstić information content (AvgIpc) is 3.00. The zero-order valence-electron chi connectivity index (χ0n) is 12.1. The van der Waals surface area contributed by atoms with E-state index >= 15 is 0 Å². The van der Waals surface area contributed by atoms with Gasteiger partial charge in [0.25, 0.3) is 0 Å². The second kappa shape index (κ2) is 4.74. The quantitative estimate of drug-likeness (QED) is 0.804. The van der Waals surface area contributed by atoms with Crippen molar-refractivity contribution in [3.63, 3.8) is 0 Å². The molecule has 0 aromatic heterocycles. The number of aryl methyl sites for hydroxylation is 1. The second-order valence-corrected chi connectivity index (χ2v) is 7.59. The Morgan fingerprint density at radius 1 is 1.00 bits per heavy atom. The van der Waals surface area contributed by atoms with E-state index in [1.807, 2.05) is 68.4 Å². The van der Waals surface area contributed by atoms with Crippen molar-refractivity contribution in [2.45, 2.75) is 30.2 Å². The van der Waals surface area contributed by atoms with Gasteiger partial charge in [-0.25, -0.2) is 0 Å². The summed E-state index contributed by atoms with van der Waals surface area (Å²) in [6.07, 6.45) is 0.558. The number of halogens is 2. The Morgan fingerprint density at radius 2 is 1.52 bits per heavy atom. The molecule has 1 aliphatic carbocycles. The van der Waals surface area contributed by atoms with Gasteiger partial charge >= 0.3 is 0 Å². The van der Waals surface area contributed by atoms with E-state index < -0.39 is 15.3 Å². The van der Waals surface area contributed by atoms with Crippen LogP contribution >= 0.6 is 23.2 Å². The van der Waals surface area contributed by atoms with Crippen molar-refractivity contribution < 1.29 is 5.11 Å². The highest BCUT2D eigenvalue weighted by Crippen LogP contribution is 2.72. The minimum atomic E-state index is -1.21. The summed E-state index contributed by atoms with van der Waals surface area (Å²) in [5, 5.41) is 11.7. The molecule has 2 aromatic carbocycles. The maximum Gasteiger partial charge on any atom is 0.127 e. The van der Waals surface area contributed by atoms with Gasteiger partial charge in [-0.15, -0.1) is 23.2 Å². The van der Waals surface area contributed by atoms with Gasteiger partial charge in [-0.3, -0.25) is 0 Å². The summed E-state index contributed by atoms with van der Waals surface area (Å²) >= 11 is 12.8. The van der Waals surface area contributed by atoms with Gasteiger partial charge in [-0.05, 0) is 30.0 Å². The molecule has 3 rings (SSSR count). The second-order valence-electron chi connectivity index (χ2n) is 6.10. The summed E-state index contributed by atoms with van der Waals surface area (Å²) in [4.78, 5) is 0. The van der Waals surface area contributed by atoms with Crippen LogP contribution in [0.3, 0.4) is 0 Å². The molecule has 0 spiro atoms. The van der Waals surface area contributed by atoms with Gasteiger partial charge < -0.3 is 5.11 Å². The van der Waals surface area contributed by atoms with Crippen LogP contribution in [0.15, 0.2) is 54.6 Å². The molecule has 0 heterocycles. The first kappa shape index (κ1) is 14.9. The fraction of sp³-hybridized carbons (Fsp3) is 0.333. The molecule has 1 unspecified atom stereocenters. The number of alkyl halides is 2. The number of hydrogen-bond acceptors (Lipinski definition) is 1. The first-order valence-electron chi connectivity index (χ1n) is 7.05. The predicted molar refractivity (Wildman–Crippen MR) is 87.8 cm³/mol. The van der Waals surface area contributed by atoms with Crippen LogP contribution in [0.25, 0.3) is 0 Å². The molecule has 0 bridgehead atoms. The van der Waals surface area contributed by atoms with Crippen molar-refractivity contribution in [1.29, 1.82) is 0 Å². The highest BCUT2D eigenvalue weighted by molar-refractivity contribution is 6.51. The third-order valence-corrected chi connectivity index (χ3v) is 5.88. The summed E-state index contributed by atoms with van der Waals surface area (Å²) in [5.74, 6) is 0. The fourth-order valence-corrected chi connectivity index (χ4v) is 4.03. The van der Waals surface area contributed by atoms with E-state index in [0.717, 1.165) is 16.7 Å². The van der Waals surface area contributed by atoms with Crippen molar-refractivity contribution in [3.8, 4) is 0 Å². The zero-order valence-corrected chi connectivity index (χ0v) is 13.6. The van der Waals surface area contributed by atoms with Crippen LogP contribution in [0.4, 0.5) is 0 Å². The van der Waals surface area contributed by atoms with Crippen LogP contribution in [-0.2, 0) is 5.60 Å². The molecule has 1 saturated carbocycles. The Labute approximate surface area is 135 Å². The molecule has 0 aliphatic heterocycles. The topological polar surface area (TPSA) is 20.2 Å². The zero-order chi connectivity index (χ0) is 15.3. The van der Waals surface area contributed by atoms with Gasteiger partial charge in [-0.1, -0.05) is 61.5 Å². The Morgan fingerprint density at radius 3 is 2.05 bits per heavy atom. The molecule has 2 atom stereocenters. The molecular weight excluding hydrogens is 303 g/mol. The van der Waals surface area contributed by atoms with Crippen molar-refractivity contribution in [2.24, 2.45) is 5.41 Å². The summed E-state index contributed by atoms with van der Waals surface area (Å²) < 4.78 is -0.917. The van der Waals surface area contributed by atoms with Crippen LogP contribution in [0.2, 0.25) is 0 Å². The highest BCUT2D eigenvalue weighted by Gasteiger charge is 2.73. The molecule has 0 radical (unpaired) electrons. The van der Waals surface area contributed by atoms with Crippen molar-refractivity contribution in [3.05, 3.63) is 71.3 Å². The van der Waals surface area contributed by atoms with Gasteiger partial charge in [0.1, 0.15) is 9.93 Å². The van der Waals surface area contributed by atoms with E-state index in [0.29, 0.717) is 6.42 Å². The van der Waals surface area contributed by atoms with Crippen molar-refractivity contribution in [2.75, 3.05) is 0 Å². The normalized spacial score (nSPS) is 26.1. The minimum Gasteiger partial charge on any atom is -0.380 e. The van der Waals surface area contributed by atoms with Crippen LogP contribution < -0.4 is 0 Å². The van der Waals surface area contributed by atoms with Gasteiger partial charge in [-0.2, -0.15) is 0 Å². The predicted octanol–water partition coefficient (Wildman–Crippen LogP) is 4.81. The van der Waals surface area contributed by atoms with E-state index in [4.69, 9.17) is 23.2 Å². The van der Waals surface area contributed by atoms with Crippen molar-refractivity contribution >= 4 is 23.2 Å². The largest absolute Gasteiger partial charge is 0.380 e. The molecule has 1 nitrogen and oxygen atoms in total. The van der Waals surface area contributed by atoms with E-state index in [2.05, 4.69) is 0 Å². The molecule has 21 heavy (non-hydrogen) atoms. The molecule has 0 amide bonds. The Hall–Kier alpha value is -1.02. The SMILES string of the molecule is Cc1ccccc1C(O)(c1ccccc1)[C@]1(C)CC1(Cl)Cl. The molecule has 1 fully saturated rings. The molecule has 0 saturated heterocycles. The lowest BCUT2D eigenvalue weighted by molar-refractivity contribution is 0.00782. The fourth-order valence-electron chi connectivity index (χ4n) is 3.22. The van der Waals surface area contributed by atoms with Gasteiger partial charge in [0, 0.05) is 5.41 Å².